The molecule has 3 N–H and O–H groups in total. The van der Waals surface area contributed by atoms with Gasteiger partial charge in [0.15, 0.2) is 0 Å². The summed E-state index contributed by atoms with van der Waals surface area (Å²) in [5.41, 5.74) is 7.44. The van der Waals surface area contributed by atoms with Gasteiger partial charge < -0.3 is 11.1 Å². The van der Waals surface area contributed by atoms with Crippen LogP contribution in [0.15, 0.2) is 42.5 Å². The van der Waals surface area contributed by atoms with Crippen molar-refractivity contribution in [3.8, 4) is 11.8 Å². The number of aryl methyl sites for hydroxylation is 1. The second-order valence-electron chi connectivity index (χ2n) is 4.50. The first kappa shape index (κ1) is 14.8. The fourth-order valence-electron chi connectivity index (χ4n) is 1.77. The Bertz CT molecular complexity index is 729. The van der Waals surface area contributed by atoms with Crippen molar-refractivity contribution >= 4 is 11.6 Å². The molecule has 4 heteroatoms. The molecule has 0 bridgehead atoms. The van der Waals surface area contributed by atoms with Crippen LogP contribution in [-0.4, -0.2) is 12.5 Å². The van der Waals surface area contributed by atoms with Crippen molar-refractivity contribution in [2.45, 2.75) is 6.92 Å². The van der Waals surface area contributed by atoms with Crippen molar-refractivity contribution in [1.82, 2.24) is 0 Å². The lowest BCUT2D eigenvalue weighted by Crippen LogP contribution is -2.12. The summed E-state index contributed by atoms with van der Waals surface area (Å²) >= 11 is 0. The number of hydrogen-bond donors (Lipinski definition) is 2. The number of nitrogens with one attached hydrogen (secondary N) is 1. The molecule has 0 aliphatic carbocycles. The SMILES string of the molecule is Cc1ccc(NC(=O)c2cccc(C#CCN)c2)cc1F. The summed E-state index contributed by atoms with van der Waals surface area (Å²) in [6, 6.07) is 11.5. The Hall–Kier alpha value is -2.64. The first-order valence-corrected chi connectivity index (χ1v) is 6.46. The van der Waals surface area contributed by atoms with Crippen LogP contribution in [0.25, 0.3) is 0 Å². The Morgan fingerprint density at radius 1 is 1.29 bits per heavy atom. The highest BCUT2D eigenvalue weighted by Gasteiger charge is 2.07. The lowest BCUT2D eigenvalue weighted by atomic mass is 10.1. The van der Waals surface area contributed by atoms with Gasteiger partial charge in [0, 0.05) is 16.8 Å². The van der Waals surface area contributed by atoms with Gasteiger partial charge in [-0.05, 0) is 42.8 Å². The molecule has 2 aromatic rings. The first-order chi connectivity index (χ1) is 10.1. The predicted molar refractivity (Wildman–Crippen MR) is 81.5 cm³/mol. The summed E-state index contributed by atoms with van der Waals surface area (Å²) in [4.78, 5) is 12.1. The fraction of sp³-hybridized carbons (Fsp3) is 0.118. The maximum atomic E-state index is 13.5. The van der Waals surface area contributed by atoms with Crippen molar-refractivity contribution in [3.05, 3.63) is 65.0 Å². The van der Waals surface area contributed by atoms with Gasteiger partial charge in [-0.1, -0.05) is 24.0 Å². The number of rotatable bonds is 2. The molecule has 0 radical (unpaired) electrons. The number of halogens is 1. The molecule has 0 aliphatic rings. The third-order valence-corrected chi connectivity index (χ3v) is 2.89. The van der Waals surface area contributed by atoms with E-state index in [9.17, 15) is 9.18 Å². The van der Waals surface area contributed by atoms with Gasteiger partial charge >= 0.3 is 0 Å². The number of carbonyl (C=O) groups excluding carboxylic acids is 1. The molecule has 3 nitrogen and oxygen atoms in total. The standard InChI is InChI=1S/C17H15FN2O/c1-12-7-8-15(11-16(12)18)20-17(21)14-6-2-4-13(10-14)5-3-9-19/h2,4,6-8,10-11H,9,19H2,1H3,(H,20,21). The molecule has 106 valence electrons. The number of carbonyl (C=O) groups is 1. The van der Waals surface area contributed by atoms with E-state index in [1.165, 1.54) is 6.07 Å². The van der Waals surface area contributed by atoms with Crippen molar-refractivity contribution in [1.29, 1.82) is 0 Å². The highest BCUT2D eigenvalue weighted by Crippen LogP contribution is 2.15. The van der Waals surface area contributed by atoms with E-state index in [1.54, 1.807) is 43.3 Å². The van der Waals surface area contributed by atoms with E-state index in [0.717, 1.165) is 0 Å². The largest absolute Gasteiger partial charge is 0.322 e. The van der Waals surface area contributed by atoms with Gasteiger partial charge in [-0.25, -0.2) is 4.39 Å². The van der Waals surface area contributed by atoms with E-state index >= 15 is 0 Å². The molecule has 0 spiro atoms. The monoisotopic (exact) mass is 282 g/mol. The summed E-state index contributed by atoms with van der Waals surface area (Å²) in [6.45, 7) is 1.93. The van der Waals surface area contributed by atoms with Gasteiger partial charge in [0.2, 0.25) is 0 Å². The molecule has 1 amide bonds. The van der Waals surface area contributed by atoms with Crippen molar-refractivity contribution in [2.75, 3.05) is 11.9 Å². The molecule has 0 atom stereocenters. The summed E-state index contributed by atoms with van der Waals surface area (Å²) in [7, 11) is 0. The number of anilines is 1. The highest BCUT2D eigenvalue weighted by atomic mass is 19.1. The minimum absolute atomic E-state index is 0.263. The zero-order valence-electron chi connectivity index (χ0n) is 11.6. The smallest absolute Gasteiger partial charge is 0.255 e. The lowest BCUT2D eigenvalue weighted by molar-refractivity contribution is 0.102. The van der Waals surface area contributed by atoms with Crippen LogP contribution >= 0.6 is 0 Å². The Morgan fingerprint density at radius 2 is 2.10 bits per heavy atom. The van der Waals surface area contributed by atoms with Gasteiger partial charge in [0.1, 0.15) is 5.82 Å². The van der Waals surface area contributed by atoms with Crippen LogP contribution in [0.3, 0.4) is 0 Å². The minimum atomic E-state index is -0.352. The molecule has 2 aromatic carbocycles. The van der Waals surface area contributed by atoms with Crippen molar-refractivity contribution in [3.63, 3.8) is 0 Å². The van der Waals surface area contributed by atoms with Gasteiger partial charge in [-0.2, -0.15) is 0 Å². The van der Waals surface area contributed by atoms with Crippen molar-refractivity contribution in [2.24, 2.45) is 5.73 Å². The topological polar surface area (TPSA) is 55.1 Å². The second kappa shape index (κ2) is 6.69. The Balaban J connectivity index is 2.18. The number of hydrogen-bond acceptors (Lipinski definition) is 2. The number of nitrogens with two attached hydrogens (primary N) is 1. The summed E-state index contributed by atoms with van der Waals surface area (Å²) in [5.74, 6) is 4.93. The van der Waals surface area contributed by atoms with Gasteiger partial charge in [-0.15, -0.1) is 0 Å². The maximum Gasteiger partial charge on any atom is 0.255 e. The van der Waals surface area contributed by atoms with Crippen LogP contribution in [0.1, 0.15) is 21.5 Å². The lowest BCUT2D eigenvalue weighted by Gasteiger charge is -2.06. The summed E-state index contributed by atoms with van der Waals surface area (Å²) in [5, 5.41) is 2.66. The molecular formula is C17H15FN2O. The van der Waals surface area contributed by atoms with Gasteiger partial charge in [-0.3, -0.25) is 4.79 Å². The van der Waals surface area contributed by atoms with Crippen LogP contribution in [-0.2, 0) is 0 Å². The molecule has 0 heterocycles. The normalized spacial score (nSPS) is 9.67. The van der Waals surface area contributed by atoms with E-state index in [-0.39, 0.29) is 18.3 Å². The van der Waals surface area contributed by atoms with Crippen LogP contribution in [0.5, 0.6) is 0 Å². The summed E-state index contributed by atoms with van der Waals surface area (Å²) < 4.78 is 13.5. The predicted octanol–water partition coefficient (Wildman–Crippen LogP) is 2.70. The van der Waals surface area contributed by atoms with Crippen molar-refractivity contribution < 1.29 is 9.18 Å². The van der Waals surface area contributed by atoms with Gasteiger partial charge in [0.05, 0.1) is 6.54 Å². The maximum absolute atomic E-state index is 13.5. The number of amides is 1. The zero-order valence-corrected chi connectivity index (χ0v) is 11.6. The Morgan fingerprint density at radius 3 is 2.81 bits per heavy atom. The minimum Gasteiger partial charge on any atom is -0.322 e. The van der Waals surface area contributed by atoms with E-state index in [0.29, 0.717) is 22.4 Å². The van der Waals surface area contributed by atoms with Crippen LogP contribution < -0.4 is 11.1 Å². The van der Waals surface area contributed by atoms with Gasteiger partial charge in [0.25, 0.3) is 5.91 Å². The average Bonchev–Trinajstić information content (AvgIpc) is 2.49. The van der Waals surface area contributed by atoms with Crippen LogP contribution in [0, 0.1) is 24.6 Å². The first-order valence-electron chi connectivity index (χ1n) is 6.46. The Kier molecular flexibility index (Phi) is 4.70. The molecule has 21 heavy (non-hydrogen) atoms. The van der Waals surface area contributed by atoms with Crippen LogP contribution in [0.2, 0.25) is 0 Å². The molecule has 0 aromatic heterocycles. The molecule has 0 saturated carbocycles. The third kappa shape index (κ3) is 3.91. The number of benzene rings is 2. The molecule has 0 saturated heterocycles. The summed E-state index contributed by atoms with van der Waals surface area (Å²) in [6.07, 6.45) is 0. The Labute approximate surface area is 123 Å². The third-order valence-electron chi connectivity index (χ3n) is 2.89. The highest BCUT2D eigenvalue weighted by molar-refractivity contribution is 6.04. The second-order valence-corrected chi connectivity index (χ2v) is 4.50. The molecular weight excluding hydrogens is 267 g/mol. The zero-order chi connectivity index (χ0) is 15.2. The van der Waals surface area contributed by atoms with E-state index in [2.05, 4.69) is 17.2 Å². The molecule has 2 rings (SSSR count). The molecule has 0 unspecified atom stereocenters. The quantitative estimate of drug-likeness (QED) is 0.832. The fourth-order valence-corrected chi connectivity index (χ4v) is 1.77. The average molecular weight is 282 g/mol. The van der Waals surface area contributed by atoms with Crippen LogP contribution in [0.4, 0.5) is 10.1 Å². The molecule has 0 fully saturated rings. The van der Waals surface area contributed by atoms with E-state index in [1.807, 2.05) is 0 Å². The van der Waals surface area contributed by atoms with E-state index in [4.69, 9.17) is 5.73 Å². The van der Waals surface area contributed by atoms with E-state index < -0.39 is 0 Å². The molecule has 0 aliphatic heterocycles.